The molecule has 2 aromatic heterocycles. The van der Waals surface area contributed by atoms with Gasteiger partial charge >= 0.3 is 0 Å². The van der Waals surface area contributed by atoms with Crippen LogP contribution in [0.5, 0.6) is 0 Å². The molecule has 3 heterocycles. The van der Waals surface area contributed by atoms with Crippen LogP contribution in [0.4, 0.5) is 0 Å². The zero-order chi connectivity index (χ0) is 20.5. The molecule has 0 saturated carbocycles. The average Bonchev–Trinajstić information content (AvgIpc) is 3.17. The van der Waals surface area contributed by atoms with E-state index < -0.39 is 0 Å². The molecule has 0 radical (unpaired) electrons. The van der Waals surface area contributed by atoms with Crippen molar-refractivity contribution < 1.29 is 9.53 Å². The van der Waals surface area contributed by atoms with Crippen molar-refractivity contribution in [2.45, 2.75) is 34.6 Å². The number of rotatable bonds is 2. The summed E-state index contributed by atoms with van der Waals surface area (Å²) in [6, 6.07) is 9.88. The monoisotopic (exact) mass is 381 g/mol. The zero-order valence-corrected chi connectivity index (χ0v) is 17.6. The van der Waals surface area contributed by atoms with Gasteiger partial charge in [0.15, 0.2) is 0 Å². The first-order chi connectivity index (χ1) is 13.7. The van der Waals surface area contributed by atoms with Crippen molar-refractivity contribution in [1.29, 1.82) is 0 Å². The number of fused-ring (bicyclic) bond motifs is 1. The molecule has 0 bridgehead atoms. The maximum absolute atomic E-state index is 12.7. The Bertz CT molecular complexity index is 896. The first kappa shape index (κ1) is 21.6. The molecule has 3 aromatic rings. The molecular formula is C23H31N3O2. The van der Waals surface area contributed by atoms with E-state index in [0.29, 0.717) is 31.9 Å². The topological polar surface area (TPSA) is 58.2 Å². The molecule has 1 N–H and O–H groups in total. The number of H-pyrrole nitrogens is 1. The van der Waals surface area contributed by atoms with E-state index in [9.17, 15) is 4.79 Å². The van der Waals surface area contributed by atoms with E-state index in [4.69, 9.17) is 4.74 Å². The highest BCUT2D eigenvalue weighted by Crippen LogP contribution is 2.25. The first-order valence-electron chi connectivity index (χ1n) is 10.1. The van der Waals surface area contributed by atoms with Crippen LogP contribution in [0.25, 0.3) is 22.2 Å². The predicted octanol–water partition coefficient (Wildman–Crippen LogP) is 5.06. The van der Waals surface area contributed by atoms with Crippen molar-refractivity contribution in [3.05, 3.63) is 53.9 Å². The van der Waals surface area contributed by atoms with E-state index in [1.165, 1.54) is 5.56 Å². The molecule has 0 aliphatic carbocycles. The molecule has 0 atom stereocenters. The van der Waals surface area contributed by atoms with Crippen molar-refractivity contribution in [1.82, 2.24) is 14.9 Å². The fourth-order valence-corrected chi connectivity index (χ4v) is 3.07. The van der Waals surface area contributed by atoms with E-state index in [0.717, 1.165) is 22.2 Å². The summed E-state index contributed by atoms with van der Waals surface area (Å²) in [6.45, 7) is 12.6. The second-order valence-corrected chi connectivity index (χ2v) is 6.08. The summed E-state index contributed by atoms with van der Waals surface area (Å²) in [5.41, 5.74) is 4.78. The van der Waals surface area contributed by atoms with Crippen LogP contribution in [0, 0.1) is 6.92 Å². The average molecular weight is 382 g/mol. The molecular weight excluding hydrogens is 350 g/mol. The Labute approximate surface area is 167 Å². The van der Waals surface area contributed by atoms with Crippen molar-refractivity contribution in [2.24, 2.45) is 0 Å². The molecule has 28 heavy (non-hydrogen) atoms. The van der Waals surface area contributed by atoms with Gasteiger partial charge in [0.25, 0.3) is 5.91 Å². The van der Waals surface area contributed by atoms with E-state index in [1.807, 2.05) is 69.3 Å². The lowest BCUT2D eigenvalue weighted by atomic mass is 10.0. The second kappa shape index (κ2) is 10.6. The Balaban J connectivity index is 0.000000660. The third-order valence-corrected chi connectivity index (χ3v) is 4.48. The molecule has 0 spiro atoms. The summed E-state index contributed by atoms with van der Waals surface area (Å²) >= 11 is 0. The Morgan fingerprint density at radius 3 is 2.50 bits per heavy atom. The third kappa shape index (κ3) is 4.78. The van der Waals surface area contributed by atoms with Gasteiger partial charge in [-0.15, -0.1) is 0 Å². The highest BCUT2D eigenvalue weighted by atomic mass is 16.5. The number of aromatic amines is 1. The normalized spacial score (nSPS) is 13.2. The highest BCUT2D eigenvalue weighted by molar-refractivity contribution is 5.96. The lowest BCUT2D eigenvalue weighted by molar-refractivity contribution is 0.0303. The van der Waals surface area contributed by atoms with Gasteiger partial charge in [0, 0.05) is 42.0 Å². The van der Waals surface area contributed by atoms with Gasteiger partial charge in [-0.25, -0.2) is 4.98 Å². The molecule has 1 fully saturated rings. The number of pyridine rings is 1. The number of benzene rings is 1. The van der Waals surface area contributed by atoms with Crippen molar-refractivity contribution in [3.8, 4) is 11.1 Å². The van der Waals surface area contributed by atoms with Gasteiger partial charge in [-0.3, -0.25) is 4.79 Å². The summed E-state index contributed by atoms with van der Waals surface area (Å²) in [5, 5.41) is 1.11. The van der Waals surface area contributed by atoms with Crippen LogP contribution in [0.3, 0.4) is 0 Å². The number of nitrogens with one attached hydrogen (secondary N) is 1. The Hall–Kier alpha value is -2.66. The molecule has 1 aliphatic heterocycles. The highest BCUT2D eigenvalue weighted by Gasteiger charge is 2.18. The fourth-order valence-electron chi connectivity index (χ4n) is 3.07. The Morgan fingerprint density at radius 1 is 1.07 bits per heavy atom. The van der Waals surface area contributed by atoms with Crippen molar-refractivity contribution >= 4 is 16.9 Å². The number of hydrogen-bond donors (Lipinski definition) is 1. The second-order valence-electron chi connectivity index (χ2n) is 6.08. The molecule has 1 amide bonds. The van der Waals surface area contributed by atoms with E-state index in [2.05, 4.69) is 23.0 Å². The van der Waals surface area contributed by atoms with Gasteiger partial charge in [0.2, 0.25) is 0 Å². The van der Waals surface area contributed by atoms with Gasteiger partial charge in [-0.05, 0) is 36.2 Å². The van der Waals surface area contributed by atoms with Crippen molar-refractivity contribution in [3.63, 3.8) is 0 Å². The lowest BCUT2D eigenvalue weighted by Gasteiger charge is -2.27. The summed E-state index contributed by atoms with van der Waals surface area (Å²) in [6.07, 6.45) is 3.80. The van der Waals surface area contributed by atoms with Crippen LogP contribution in [-0.2, 0) is 4.74 Å². The molecule has 5 nitrogen and oxygen atoms in total. The van der Waals surface area contributed by atoms with E-state index >= 15 is 0 Å². The van der Waals surface area contributed by atoms with Gasteiger partial charge < -0.3 is 14.6 Å². The number of ether oxygens (including phenoxy) is 1. The maximum Gasteiger partial charge on any atom is 0.254 e. The number of amides is 1. The number of nitrogens with zero attached hydrogens (tertiary/aromatic N) is 2. The number of aryl methyl sites for hydroxylation is 1. The Morgan fingerprint density at radius 2 is 1.79 bits per heavy atom. The van der Waals surface area contributed by atoms with Gasteiger partial charge in [-0.2, -0.15) is 0 Å². The van der Waals surface area contributed by atoms with Crippen LogP contribution < -0.4 is 0 Å². The minimum atomic E-state index is 0.0620. The molecule has 1 saturated heterocycles. The smallest absolute Gasteiger partial charge is 0.254 e. The minimum Gasteiger partial charge on any atom is -0.378 e. The SMILES string of the molecule is CC.CC.Cc1c[nH]c2ncc(-c3cccc(C(=O)N4CCOCC4)c3)cc12. The quantitative estimate of drug-likeness (QED) is 0.675. The number of morpholine rings is 1. The summed E-state index contributed by atoms with van der Waals surface area (Å²) < 4.78 is 5.32. The first-order valence-corrected chi connectivity index (χ1v) is 10.1. The molecule has 0 unspecified atom stereocenters. The van der Waals surface area contributed by atoms with Crippen molar-refractivity contribution in [2.75, 3.05) is 26.3 Å². The maximum atomic E-state index is 12.7. The van der Waals surface area contributed by atoms with Crippen LogP contribution >= 0.6 is 0 Å². The molecule has 5 heteroatoms. The number of aromatic nitrogens is 2. The van der Waals surface area contributed by atoms with Gasteiger partial charge in [-0.1, -0.05) is 39.8 Å². The fraction of sp³-hybridized carbons (Fsp3) is 0.391. The molecule has 1 aromatic carbocycles. The predicted molar refractivity (Wildman–Crippen MR) is 116 cm³/mol. The standard InChI is InChI=1S/C19H19N3O2.2C2H6/c1-13-11-20-18-17(13)10-16(12-21-18)14-3-2-4-15(9-14)19(23)22-5-7-24-8-6-22;2*1-2/h2-4,9-12H,5-8H2,1H3,(H,20,21);2*1-2H3. The zero-order valence-electron chi connectivity index (χ0n) is 17.6. The molecule has 4 rings (SSSR count). The van der Waals surface area contributed by atoms with Crippen LogP contribution in [0.2, 0.25) is 0 Å². The summed E-state index contributed by atoms with van der Waals surface area (Å²) in [5.74, 6) is 0.0620. The number of carbonyl (C=O) groups is 1. The van der Waals surface area contributed by atoms with Crippen LogP contribution in [0.1, 0.15) is 43.6 Å². The summed E-state index contributed by atoms with van der Waals surface area (Å²) in [4.78, 5) is 22.1. The lowest BCUT2D eigenvalue weighted by Crippen LogP contribution is -2.40. The summed E-state index contributed by atoms with van der Waals surface area (Å²) in [7, 11) is 0. The minimum absolute atomic E-state index is 0.0620. The van der Waals surface area contributed by atoms with Gasteiger partial charge in [0.05, 0.1) is 13.2 Å². The number of hydrogen-bond acceptors (Lipinski definition) is 3. The number of carbonyl (C=O) groups excluding carboxylic acids is 1. The van der Waals surface area contributed by atoms with Crippen LogP contribution in [-0.4, -0.2) is 47.1 Å². The third-order valence-electron chi connectivity index (χ3n) is 4.48. The van der Waals surface area contributed by atoms with Gasteiger partial charge in [0.1, 0.15) is 5.65 Å². The van der Waals surface area contributed by atoms with E-state index in [-0.39, 0.29) is 5.91 Å². The molecule has 150 valence electrons. The Kier molecular flexibility index (Phi) is 8.20. The van der Waals surface area contributed by atoms with Crippen LogP contribution in [0.15, 0.2) is 42.7 Å². The van der Waals surface area contributed by atoms with E-state index in [1.54, 1.807) is 0 Å². The largest absolute Gasteiger partial charge is 0.378 e. The molecule has 1 aliphatic rings.